The molecule has 0 bridgehead atoms. The Morgan fingerprint density at radius 1 is 0.811 bits per heavy atom. The Morgan fingerprint density at radius 3 is 2.46 bits per heavy atom. The highest BCUT2D eigenvalue weighted by atomic mass is 35.5. The molecule has 0 aliphatic carbocycles. The molecule has 6 nitrogen and oxygen atoms in total. The maximum atomic E-state index is 6.39. The van der Waals surface area contributed by atoms with Gasteiger partial charge < -0.3 is 4.42 Å². The van der Waals surface area contributed by atoms with E-state index >= 15 is 0 Å². The van der Waals surface area contributed by atoms with E-state index in [0.717, 1.165) is 43.3 Å². The summed E-state index contributed by atoms with van der Waals surface area (Å²) in [4.78, 5) is 5.62. The summed E-state index contributed by atoms with van der Waals surface area (Å²) in [5.74, 6) is 2.07. The fourth-order valence-electron chi connectivity index (χ4n) is 4.37. The fourth-order valence-corrected chi connectivity index (χ4v) is 5.47. The van der Waals surface area contributed by atoms with Gasteiger partial charge in [0.25, 0.3) is 0 Å². The highest BCUT2D eigenvalue weighted by Crippen LogP contribution is 2.37. The van der Waals surface area contributed by atoms with Gasteiger partial charge in [0, 0.05) is 22.1 Å². The van der Waals surface area contributed by atoms with Crippen molar-refractivity contribution in [1.29, 1.82) is 0 Å². The molecule has 0 atom stereocenters. The molecule has 4 aromatic heterocycles. The fraction of sp³-hybridized carbons (Fsp3) is 0.0345. The highest BCUT2D eigenvalue weighted by Gasteiger charge is 2.19. The van der Waals surface area contributed by atoms with Crippen molar-refractivity contribution in [1.82, 2.24) is 24.8 Å². The van der Waals surface area contributed by atoms with Crippen LogP contribution in [0.4, 0.5) is 0 Å². The van der Waals surface area contributed by atoms with Crippen LogP contribution in [-0.4, -0.2) is 24.8 Å². The summed E-state index contributed by atoms with van der Waals surface area (Å²) in [6.07, 6.45) is 0. The van der Waals surface area contributed by atoms with Gasteiger partial charge in [-0.1, -0.05) is 83.1 Å². The van der Waals surface area contributed by atoms with Crippen LogP contribution in [0.1, 0.15) is 5.56 Å². The quantitative estimate of drug-likeness (QED) is 0.236. The van der Waals surface area contributed by atoms with Crippen molar-refractivity contribution in [2.24, 2.45) is 0 Å². The molecule has 7 aromatic rings. The second-order valence-electron chi connectivity index (χ2n) is 8.71. The number of para-hydroxylation sites is 1. The minimum Gasteiger partial charge on any atom is -0.454 e. The van der Waals surface area contributed by atoms with E-state index in [-0.39, 0.29) is 0 Å². The van der Waals surface area contributed by atoms with Gasteiger partial charge in [-0.05, 0) is 43.3 Å². The van der Waals surface area contributed by atoms with Crippen molar-refractivity contribution in [3.8, 4) is 44.7 Å². The van der Waals surface area contributed by atoms with E-state index in [2.05, 4.69) is 35.3 Å². The average molecular weight is 520 g/mol. The molecule has 0 saturated carbocycles. The summed E-state index contributed by atoms with van der Waals surface area (Å²) in [6.45, 7) is 2.06. The van der Waals surface area contributed by atoms with Crippen LogP contribution in [0.2, 0.25) is 5.02 Å². The first-order valence-corrected chi connectivity index (χ1v) is 12.9. The molecule has 0 spiro atoms. The molecule has 0 saturated heterocycles. The zero-order valence-electron chi connectivity index (χ0n) is 19.6. The van der Waals surface area contributed by atoms with Crippen LogP contribution in [0.3, 0.4) is 0 Å². The number of rotatable bonds is 4. The minimum absolute atomic E-state index is 0.639. The van der Waals surface area contributed by atoms with Gasteiger partial charge in [0.1, 0.15) is 16.5 Å². The largest absolute Gasteiger partial charge is 0.454 e. The number of benzene rings is 3. The van der Waals surface area contributed by atoms with Crippen molar-refractivity contribution in [3.05, 3.63) is 102 Å². The maximum absolute atomic E-state index is 6.39. The number of fused-ring (bicyclic) bond motifs is 2. The molecule has 0 aliphatic heterocycles. The molecule has 4 heterocycles. The normalized spacial score (nSPS) is 11.5. The molecule has 0 N–H and O–H groups in total. The third-order valence-corrected chi connectivity index (χ3v) is 7.51. The van der Waals surface area contributed by atoms with Gasteiger partial charge in [-0.15, -0.1) is 10.2 Å². The molecular formula is C29H18ClN5OS. The SMILES string of the molecule is Cc1ccc(-c2nnc3sc(-c4cc(-c5ccc(-c6ccccc6Cl)o5)nc5ccccc45)nn23)cc1. The third kappa shape index (κ3) is 3.80. The number of halogens is 1. The number of furan rings is 1. The van der Waals surface area contributed by atoms with E-state index in [1.807, 2.05) is 77.3 Å². The summed E-state index contributed by atoms with van der Waals surface area (Å²) in [6, 6.07) is 29.7. The molecule has 0 fully saturated rings. The Morgan fingerprint density at radius 2 is 1.59 bits per heavy atom. The summed E-state index contributed by atoms with van der Waals surface area (Å²) < 4.78 is 8.02. The smallest absolute Gasteiger partial charge is 0.235 e. The molecule has 0 radical (unpaired) electrons. The van der Waals surface area contributed by atoms with Crippen molar-refractivity contribution in [2.75, 3.05) is 0 Å². The molecule has 37 heavy (non-hydrogen) atoms. The number of aromatic nitrogens is 5. The monoisotopic (exact) mass is 519 g/mol. The zero-order chi connectivity index (χ0) is 24.9. The first-order chi connectivity index (χ1) is 18.1. The molecule has 3 aromatic carbocycles. The van der Waals surface area contributed by atoms with E-state index in [1.54, 1.807) is 0 Å². The average Bonchev–Trinajstić information content (AvgIpc) is 3.66. The van der Waals surface area contributed by atoms with E-state index < -0.39 is 0 Å². The second kappa shape index (κ2) is 8.65. The number of aryl methyl sites for hydroxylation is 1. The van der Waals surface area contributed by atoms with Crippen LogP contribution in [0, 0.1) is 6.92 Å². The van der Waals surface area contributed by atoms with Crippen molar-refractivity contribution < 1.29 is 4.42 Å². The molecule has 0 unspecified atom stereocenters. The molecule has 7 rings (SSSR count). The Hall–Kier alpha value is -4.33. The molecule has 0 amide bonds. The standard InChI is InChI=1S/C29H18ClN5OS/c1-17-10-12-18(13-11-17)27-32-33-29-35(27)34-28(37-29)21-16-24(31-23-9-5-3-6-19(21)23)26-15-14-25(36-26)20-7-2-4-8-22(20)30/h2-16H,1H3. The van der Waals surface area contributed by atoms with Gasteiger partial charge in [-0.25, -0.2) is 4.98 Å². The Labute approximate surface area is 220 Å². The lowest BCUT2D eigenvalue weighted by atomic mass is 10.1. The molecule has 0 aliphatic rings. The first-order valence-electron chi connectivity index (χ1n) is 11.7. The molecule has 178 valence electrons. The Kier molecular flexibility index (Phi) is 5.13. The topological polar surface area (TPSA) is 69.1 Å². The summed E-state index contributed by atoms with van der Waals surface area (Å²) in [5, 5.41) is 16.2. The summed E-state index contributed by atoms with van der Waals surface area (Å²) in [7, 11) is 0. The number of pyridine rings is 1. The van der Waals surface area contributed by atoms with E-state index in [1.165, 1.54) is 16.9 Å². The number of hydrogen-bond acceptors (Lipinski definition) is 6. The first kappa shape index (κ1) is 21.9. The predicted octanol–water partition coefficient (Wildman–Crippen LogP) is 7.96. The minimum atomic E-state index is 0.639. The highest BCUT2D eigenvalue weighted by molar-refractivity contribution is 7.20. The van der Waals surface area contributed by atoms with Gasteiger partial charge in [-0.3, -0.25) is 0 Å². The zero-order valence-corrected chi connectivity index (χ0v) is 21.2. The van der Waals surface area contributed by atoms with E-state index in [9.17, 15) is 0 Å². The van der Waals surface area contributed by atoms with Crippen molar-refractivity contribution >= 4 is 38.8 Å². The van der Waals surface area contributed by atoms with Crippen molar-refractivity contribution in [2.45, 2.75) is 6.92 Å². The van der Waals surface area contributed by atoms with Crippen LogP contribution < -0.4 is 0 Å². The summed E-state index contributed by atoms with van der Waals surface area (Å²) >= 11 is 7.89. The third-order valence-electron chi connectivity index (χ3n) is 6.24. The summed E-state index contributed by atoms with van der Waals surface area (Å²) in [5.41, 5.74) is 5.54. The predicted molar refractivity (Wildman–Crippen MR) is 148 cm³/mol. The van der Waals surface area contributed by atoms with Crippen LogP contribution in [-0.2, 0) is 0 Å². The Bertz CT molecular complexity index is 1920. The van der Waals surface area contributed by atoms with E-state index in [0.29, 0.717) is 22.4 Å². The van der Waals surface area contributed by atoms with Gasteiger partial charge in [0.05, 0.1) is 10.5 Å². The number of nitrogens with zero attached hydrogens (tertiary/aromatic N) is 5. The van der Waals surface area contributed by atoms with Gasteiger partial charge in [0.15, 0.2) is 11.6 Å². The second-order valence-corrected chi connectivity index (χ2v) is 10.1. The van der Waals surface area contributed by atoms with Gasteiger partial charge in [0.2, 0.25) is 4.96 Å². The lowest BCUT2D eigenvalue weighted by Gasteiger charge is -2.06. The maximum Gasteiger partial charge on any atom is 0.235 e. The van der Waals surface area contributed by atoms with Crippen LogP contribution in [0.25, 0.3) is 60.6 Å². The molecule has 8 heteroatoms. The van der Waals surface area contributed by atoms with Crippen LogP contribution in [0.15, 0.2) is 95.4 Å². The lowest BCUT2D eigenvalue weighted by molar-refractivity contribution is 0.595. The van der Waals surface area contributed by atoms with Gasteiger partial charge >= 0.3 is 0 Å². The molecular weight excluding hydrogens is 502 g/mol. The van der Waals surface area contributed by atoms with Gasteiger partial charge in [-0.2, -0.15) is 9.61 Å². The Balaban J connectivity index is 1.37. The lowest BCUT2D eigenvalue weighted by Crippen LogP contribution is -1.93. The van der Waals surface area contributed by atoms with Crippen molar-refractivity contribution in [3.63, 3.8) is 0 Å². The van der Waals surface area contributed by atoms with Crippen LogP contribution >= 0.6 is 22.9 Å². The van der Waals surface area contributed by atoms with E-state index in [4.69, 9.17) is 26.1 Å². The number of hydrogen-bond donors (Lipinski definition) is 0. The van der Waals surface area contributed by atoms with Crippen LogP contribution in [0.5, 0.6) is 0 Å².